The van der Waals surface area contributed by atoms with Crippen molar-refractivity contribution in [2.75, 3.05) is 13.6 Å². The van der Waals surface area contributed by atoms with E-state index < -0.39 is 0 Å². The highest BCUT2D eigenvalue weighted by molar-refractivity contribution is 5.90. The van der Waals surface area contributed by atoms with E-state index in [1.165, 1.54) is 11.0 Å². The number of fused-ring (bicyclic) bond motifs is 1. The van der Waals surface area contributed by atoms with Gasteiger partial charge in [0, 0.05) is 48.4 Å². The zero-order chi connectivity index (χ0) is 14.5. The third-order valence-electron chi connectivity index (χ3n) is 3.01. The van der Waals surface area contributed by atoms with E-state index in [0.29, 0.717) is 12.3 Å². The molecular formula is C15H15N3O2. The predicted molar refractivity (Wildman–Crippen MR) is 77.3 cm³/mol. The van der Waals surface area contributed by atoms with Gasteiger partial charge in [-0.2, -0.15) is 5.26 Å². The number of carbonyl (C=O) groups is 1. The Morgan fingerprint density at radius 1 is 1.55 bits per heavy atom. The van der Waals surface area contributed by atoms with Crippen LogP contribution in [0.15, 0.2) is 30.5 Å². The van der Waals surface area contributed by atoms with Gasteiger partial charge in [0.25, 0.3) is 0 Å². The largest absolute Gasteiger partial charge is 0.414 e. The van der Waals surface area contributed by atoms with E-state index in [1.807, 2.05) is 25.3 Å². The molecule has 0 saturated heterocycles. The number of benzene rings is 1. The molecule has 1 aromatic heterocycles. The Morgan fingerprint density at radius 3 is 3.05 bits per heavy atom. The minimum atomic E-state index is -0.386. The van der Waals surface area contributed by atoms with Crippen molar-refractivity contribution in [2.45, 2.75) is 6.92 Å². The van der Waals surface area contributed by atoms with Crippen LogP contribution in [0.25, 0.3) is 17.0 Å². The highest BCUT2D eigenvalue weighted by Crippen LogP contribution is 2.24. The van der Waals surface area contributed by atoms with Crippen LogP contribution in [0.3, 0.4) is 0 Å². The Morgan fingerprint density at radius 2 is 2.35 bits per heavy atom. The van der Waals surface area contributed by atoms with Crippen LogP contribution in [-0.2, 0) is 0 Å². The summed E-state index contributed by atoms with van der Waals surface area (Å²) in [5, 5.41) is 9.52. The van der Waals surface area contributed by atoms with Crippen LogP contribution in [0.4, 0.5) is 4.79 Å². The number of hydrogen-bond acceptors (Lipinski definition) is 3. The van der Waals surface area contributed by atoms with Crippen molar-refractivity contribution < 1.29 is 9.53 Å². The number of carbonyl (C=O) groups excluding carboxylic acids is 1. The lowest BCUT2D eigenvalue weighted by atomic mass is 10.1. The molecule has 0 radical (unpaired) electrons. The molecule has 2 rings (SSSR count). The van der Waals surface area contributed by atoms with Crippen molar-refractivity contribution in [3.05, 3.63) is 36.0 Å². The third-order valence-corrected chi connectivity index (χ3v) is 3.01. The molecule has 0 atom stereocenters. The van der Waals surface area contributed by atoms with Crippen molar-refractivity contribution in [1.29, 1.82) is 5.26 Å². The molecule has 1 amide bonds. The summed E-state index contributed by atoms with van der Waals surface area (Å²) in [6, 6.07) is 7.32. The summed E-state index contributed by atoms with van der Waals surface area (Å²) in [4.78, 5) is 16.2. The Hall–Kier alpha value is -2.74. The Bertz CT molecular complexity index is 695. The number of allylic oxidation sites excluding steroid dienone is 1. The van der Waals surface area contributed by atoms with Crippen LogP contribution in [0.5, 0.6) is 5.75 Å². The number of nitrogens with zero attached hydrogens (tertiary/aromatic N) is 2. The molecular weight excluding hydrogens is 254 g/mol. The molecule has 0 unspecified atom stereocenters. The summed E-state index contributed by atoms with van der Waals surface area (Å²) in [5.41, 5.74) is 1.78. The summed E-state index contributed by atoms with van der Waals surface area (Å²) < 4.78 is 5.26. The number of aromatic amines is 1. The average Bonchev–Trinajstić information content (AvgIpc) is 2.86. The van der Waals surface area contributed by atoms with E-state index in [4.69, 9.17) is 10.00 Å². The number of nitrogens with one attached hydrogen (secondary N) is 1. The van der Waals surface area contributed by atoms with E-state index in [-0.39, 0.29) is 6.09 Å². The number of rotatable bonds is 3. The quantitative estimate of drug-likeness (QED) is 0.870. The lowest BCUT2D eigenvalue weighted by molar-refractivity contribution is 0.165. The van der Waals surface area contributed by atoms with Crippen LogP contribution in [-0.4, -0.2) is 29.6 Å². The number of amides is 1. The molecule has 0 aliphatic heterocycles. The molecule has 20 heavy (non-hydrogen) atoms. The number of hydrogen-bond donors (Lipinski definition) is 1. The Balaban J connectivity index is 2.25. The highest BCUT2D eigenvalue weighted by atomic mass is 16.6. The second kappa shape index (κ2) is 5.93. The van der Waals surface area contributed by atoms with Gasteiger partial charge >= 0.3 is 6.09 Å². The molecule has 102 valence electrons. The van der Waals surface area contributed by atoms with Gasteiger partial charge < -0.3 is 14.6 Å². The van der Waals surface area contributed by atoms with Gasteiger partial charge in [0.05, 0.1) is 6.07 Å². The zero-order valence-electron chi connectivity index (χ0n) is 11.4. The fourth-order valence-corrected chi connectivity index (χ4v) is 1.76. The summed E-state index contributed by atoms with van der Waals surface area (Å²) >= 11 is 0. The van der Waals surface area contributed by atoms with Gasteiger partial charge in [-0.3, -0.25) is 0 Å². The first-order chi connectivity index (χ1) is 9.65. The minimum Gasteiger partial charge on any atom is -0.410 e. The van der Waals surface area contributed by atoms with E-state index in [2.05, 4.69) is 4.98 Å². The fourth-order valence-electron chi connectivity index (χ4n) is 1.76. The fraction of sp³-hybridized carbons (Fsp3) is 0.200. The highest BCUT2D eigenvalue weighted by Gasteiger charge is 2.10. The van der Waals surface area contributed by atoms with E-state index in [9.17, 15) is 4.79 Å². The normalized spacial score (nSPS) is 10.7. The van der Waals surface area contributed by atoms with Gasteiger partial charge in [0.2, 0.25) is 0 Å². The maximum atomic E-state index is 11.7. The number of ether oxygens (including phenoxy) is 1. The van der Waals surface area contributed by atoms with E-state index in [1.54, 1.807) is 25.3 Å². The van der Waals surface area contributed by atoms with Gasteiger partial charge in [-0.25, -0.2) is 4.79 Å². The van der Waals surface area contributed by atoms with Crippen LogP contribution < -0.4 is 4.74 Å². The maximum absolute atomic E-state index is 11.7. The SMILES string of the molecule is CCN(C)C(=O)Oc1ccc2c(C=CC#N)c[nH]c2c1. The monoisotopic (exact) mass is 269 g/mol. The first-order valence-corrected chi connectivity index (χ1v) is 6.26. The molecule has 0 spiro atoms. The predicted octanol–water partition coefficient (Wildman–Crippen LogP) is 3.16. The number of nitriles is 1. The van der Waals surface area contributed by atoms with Gasteiger partial charge in [0.1, 0.15) is 5.75 Å². The summed E-state index contributed by atoms with van der Waals surface area (Å²) in [5.74, 6) is 0.487. The molecule has 2 aromatic rings. The van der Waals surface area contributed by atoms with Crippen LogP contribution in [0.2, 0.25) is 0 Å². The Kier molecular flexibility index (Phi) is 4.06. The van der Waals surface area contributed by atoms with Gasteiger partial charge in [0.15, 0.2) is 0 Å². The summed E-state index contributed by atoms with van der Waals surface area (Å²) in [6.07, 6.45) is 4.58. The third kappa shape index (κ3) is 2.81. The Labute approximate surface area is 117 Å². The second-order valence-electron chi connectivity index (χ2n) is 4.30. The molecule has 0 fully saturated rings. The van der Waals surface area contributed by atoms with Crippen LogP contribution in [0.1, 0.15) is 12.5 Å². The van der Waals surface area contributed by atoms with Crippen LogP contribution >= 0.6 is 0 Å². The molecule has 1 heterocycles. The summed E-state index contributed by atoms with van der Waals surface area (Å²) in [6.45, 7) is 2.47. The molecule has 0 aliphatic rings. The second-order valence-corrected chi connectivity index (χ2v) is 4.30. The lowest BCUT2D eigenvalue weighted by Crippen LogP contribution is -2.29. The molecule has 1 aromatic carbocycles. The summed E-state index contributed by atoms with van der Waals surface area (Å²) in [7, 11) is 1.68. The molecule has 1 N–H and O–H groups in total. The molecule has 5 nitrogen and oxygen atoms in total. The van der Waals surface area contributed by atoms with Gasteiger partial charge in [-0.05, 0) is 25.1 Å². The topological polar surface area (TPSA) is 69.1 Å². The smallest absolute Gasteiger partial charge is 0.410 e. The van der Waals surface area contributed by atoms with Crippen molar-refractivity contribution in [3.8, 4) is 11.8 Å². The maximum Gasteiger partial charge on any atom is 0.414 e. The molecule has 0 bridgehead atoms. The van der Waals surface area contributed by atoms with Crippen LogP contribution in [0, 0.1) is 11.3 Å². The van der Waals surface area contributed by atoms with Crippen molar-refractivity contribution in [3.63, 3.8) is 0 Å². The average molecular weight is 269 g/mol. The van der Waals surface area contributed by atoms with Crippen molar-refractivity contribution in [2.24, 2.45) is 0 Å². The van der Waals surface area contributed by atoms with Gasteiger partial charge in [-0.15, -0.1) is 0 Å². The first-order valence-electron chi connectivity index (χ1n) is 6.26. The van der Waals surface area contributed by atoms with Crippen molar-refractivity contribution >= 4 is 23.1 Å². The number of H-pyrrole nitrogens is 1. The molecule has 0 aliphatic carbocycles. The van der Waals surface area contributed by atoms with Crippen molar-refractivity contribution in [1.82, 2.24) is 9.88 Å². The molecule has 0 saturated carbocycles. The minimum absolute atomic E-state index is 0.386. The number of aromatic nitrogens is 1. The van der Waals surface area contributed by atoms with E-state index >= 15 is 0 Å². The first kappa shape index (κ1) is 13.7. The standard InChI is InChI=1S/C15H15N3O2/c1-3-18(2)15(19)20-12-6-7-13-11(5-4-8-16)10-17-14(13)9-12/h4-7,9-10,17H,3H2,1-2H3. The van der Waals surface area contributed by atoms with Gasteiger partial charge in [-0.1, -0.05) is 0 Å². The zero-order valence-corrected chi connectivity index (χ0v) is 11.4. The molecule has 5 heteroatoms. The lowest BCUT2D eigenvalue weighted by Gasteiger charge is -2.14. The van der Waals surface area contributed by atoms with E-state index in [0.717, 1.165) is 16.5 Å².